The molecule has 0 N–H and O–H groups in total. The van der Waals surface area contributed by atoms with Gasteiger partial charge in [0.25, 0.3) is 6.13 Å². The van der Waals surface area contributed by atoms with Crippen molar-refractivity contribution in [2.75, 3.05) is 0 Å². The Balaban J connectivity index is 2.26. The highest BCUT2D eigenvalue weighted by Crippen LogP contribution is 2.27. The molecule has 1 saturated heterocycles. The second-order valence-electron chi connectivity index (χ2n) is 2.52. The summed E-state index contributed by atoms with van der Waals surface area (Å²) >= 11 is 5.81. The zero-order valence-corrected chi connectivity index (χ0v) is 5.41. The van der Waals surface area contributed by atoms with Crippen LogP contribution in [0.1, 0.15) is 13.3 Å². The van der Waals surface area contributed by atoms with Crippen molar-refractivity contribution in [1.82, 2.24) is 0 Å². The Morgan fingerprint density at radius 3 is 2.57 bits per heavy atom. The van der Waals surface area contributed by atoms with Crippen LogP contribution < -0.4 is 0 Å². The largest absolute Gasteiger partial charge is 0.250 e. The maximum Gasteiger partial charge on any atom is 0.250 e. The molecule has 40 valence electrons. The summed E-state index contributed by atoms with van der Waals surface area (Å²) in [6.07, 6.45) is 4.31. The van der Waals surface area contributed by atoms with Crippen LogP contribution in [0.15, 0.2) is 0 Å². The molecule has 0 radical (unpaired) electrons. The predicted molar refractivity (Wildman–Crippen MR) is 35.0 cm³/mol. The molecule has 0 saturated carbocycles. The van der Waals surface area contributed by atoms with Gasteiger partial charge >= 0.3 is 0 Å². The van der Waals surface area contributed by atoms with Gasteiger partial charge in [-0.15, -0.1) is 0 Å². The average molecular weight is 116 g/mol. The van der Waals surface area contributed by atoms with E-state index in [1.54, 1.807) is 0 Å². The van der Waals surface area contributed by atoms with Crippen molar-refractivity contribution in [1.29, 1.82) is 0 Å². The second kappa shape index (κ2) is 2.08. The molecule has 0 amide bonds. The Bertz CT molecular complexity index is 57.1. The summed E-state index contributed by atoms with van der Waals surface area (Å²) in [5, 5.41) is 0. The van der Waals surface area contributed by atoms with Gasteiger partial charge in [-0.3, -0.25) is 0 Å². The van der Waals surface area contributed by atoms with Crippen LogP contribution in [0.2, 0.25) is 12.6 Å². The Labute approximate surface area is 50.2 Å². The van der Waals surface area contributed by atoms with Gasteiger partial charge in [0.2, 0.25) is 0 Å². The van der Waals surface area contributed by atoms with E-state index in [0.717, 1.165) is 5.92 Å². The maximum atomic E-state index is 5.81. The smallest absolute Gasteiger partial charge is 0.196 e. The second-order valence-corrected chi connectivity index (χ2v) is 3.13. The maximum absolute atomic E-state index is 5.81. The molecule has 0 aromatic carbocycles. The van der Waals surface area contributed by atoms with Crippen LogP contribution in [-0.2, 0) is 0 Å². The van der Waals surface area contributed by atoms with Gasteiger partial charge in [-0.2, -0.15) is 11.5 Å². The van der Waals surface area contributed by atoms with Crippen molar-refractivity contribution in [3.8, 4) is 0 Å². The number of hydrogen-bond donors (Lipinski definition) is 0. The molecule has 1 heterocycles. The number of hydrogen-bond acceptors (Lipinski definition) is 0. The van der Waals surface area contributed by atoms with Crippen LogP contribution in [-0.4, -0.2) is 6.13 Å². The fourth-order valence-corrected chi connectivity index (χ4v) is 1.57. The molecule has 1 rings (SSSR count). The van der Waals surface area contributed by atoms with E-state index in [4.69, 9.17) is 11.5 Å². The lowest BCUT2D eigenvalue weighted by atomic mass is 9.74. The van der Waals surface area contributed by atoms with E-state index < -0.39 is 0 Å². The molecule has 2 heteroatoms. The minimum atomic E-state index is 0.495. The highest BCUT2D eigenvalue weighted by Gasteiger charge is 2.21. The fraction of sp³-hybridized carbons (Fsp3) is 1.00. The van der Waals surface area contributed by atoms with Crippen LogP contribution >= 0.6 is 11.5 Å². The third-order valence-electron chi connectivity index (χ3n) is 1.63. The molecule has 0 spiro atoms. The van der Waals surface area contributed by atoms with Crippen LogP contribution in [0.3, 0.4) is 0 Å². The molecule has 7 heavy (non-hydrogen) atoms. The van der Waals surface area contributed by atoms with Gasteiger partial charge < -0.3 is 0 Å². The molecule has 1 atom stereocenters. The first kappa shape index (κ1) is 5.49. The summed E-state index contributed by atoms with van der Waals surface area (Å²) in [5.74, 6) is 0.891. The van der Waals surface area contributed by atoms with Crippen molar-refractivity contribution in [3.05, 3.63) is 0 Å². The lowest BCUT2D eigenvalue weighted by Crippen LogP contribution is -1.92. The Kier molecular flexibility index (Phi) is 1.63. The van der Waals surface area contributed by atoms with E-state index in [9.17, 15) is 0 Å². The first-order chi connectivity index (χ1) is 3.29. The highest BCUT2D eigenvalue weighted by molar-refractivity contribution is 7.07. The van der Waals surface area contributed by atoms with Crippen molar-refractivity contribution in [2.24, 2.45) is 5.92 Å². The number of halogens is 1. The zero-order valence-electron chi connectivity index (χ0n) is 4.65. The third kappa shape index (κ3) is 1.38. The van der Waals surface area contributed by atoms with E-state index in [2.05, 4.69) is 6.92 Å². The molecular weight excluding hydrogens is 106 g/mol. The zero-order chi connectivity index (χ0) is 5.28. The van der Waals surface area contributed by atoms with Crippen molar-refractivity contribution >= 4 is 17.6 Å². The minimum absolute atomic E-state index is 0.495. The quantitative estimate of drug-likeness (QED) is 0.426. The van der Waals surface area contributed by atoms with Gasteiger partial charge in [0.15, 0.2) is 0 Å². The minimum Gasteiger partial charge on any atom is -0.196 e. The molecule has 0 bridgehead atoms. The summed E-state index contributed by atoms with van der Waals surface area (Å²) in [4.78, 5) is 0. The summed E-state index contributed by atoms with van der Waals surface area (Å²) in [7, 11) is 0. The van der Waals surface area contributed by atoms with Crippen molar-refractivity contribution < 1.29 is 0 Å². The lowest BCUT2D eigenvalue weighted by molar-refractivity contribution is 0.658. The van der Waals surface area contributed by atoms with Gasteiger partial charge in [-0.05, 0) is 0 Å². The van der Waals surface area contributed by atoms with E-state index in [1.807, 2.05) is 0 Å². The molecular formula is C5H10BCl. The number of rotatable bonds is 0. The molecule has 1 unspecified atom stereocenters. The van der Waals surface area contributed by atoms with Crippen LogP contribution in [0.5, 0.6) is 0 Å². The lowest BCUT2D eigenvalue weighted by Gasteiger charge is -1.93. The van der Waals surface area contributed by atoms with E-state index in [-0.39, 0.29) is 0 Å². The molecule has 0 aromatic rings. The molecule has 1 aliphatic heterocycles. The summed E-state index contributed by atoms with van der Waals surface area (Å²) in [6, 6.07) is 0. The predicted octanol–water partition coefficient (Wildman–Crippen LogP) is 2.26. The van der Waals surface area contributed by atoms with Gasteiger partial charge in [-0.25, -0.2) is 0 Å². The molecule has 0 aliphatic carbocycles. The summed E-state index contributed by atoms with van der Waals surface area (Å²) < 4.78 is 0. The van der Waals surface area contributed by atoms with Gasteiger partial charge in [0.05, 0.1) is 0 Å². The van der Waals surface area contributed by atoms with E-state index in [1.165, 1.54) is 19.1 Å². The summed E-state index contributed by atoms with van der Waals surface area (Å²) in [5.41, 5.74) is 0. The first-order valence-electron chi connectivity index (χ1n) is 2.93. The Hall–Kier alpha value is 0.355. The third-order valence-corrected chi connectivity index (χ3v) is 2.03. The molecule has 1 fully saturated rings. The monoisotopic (exact) mass is 116 g/mol. The molecule has 0 aromatic heterocycles. The van der Waals surface area contributed by atoms with Gasteiger partial charge in [-0.1, -0.05) is 31.9 Å². The fourth-order valence-electron chi connectivity index (χ4n) is 1.14. The highest BCUT2D eigenvalue weighted by atomic mass is 35.5. The molecule has 1 aliphatic rings. The van der Waals surface area contributed by atoms with Crippen molar-refractivity contribution in [3.63, 3.8) is 0 Å². The van der Waals surface area contributed by atoms with Gasteiger partial charge in [0.1, 0.15) is 0 Å². The first-order valence-corrected chi connectivity index (χ1v) is 3.36. The Morgan fingerprint density at radius 2 is 2.43 bits per heavy atom. The normalized spacial score (nSPS) is 31.7. The standard InChI is InChI=1S/C5H10BCl/c1-5-2-3-6(7)4-5/h5H,2-4H2,1H3. The SMILES string of the molecule is CC1CCB(Cl)C1. The van der Waals surface area contributed by atoms with Crippen LogP contribution in [0.25, 0.3) is 0 Å². The van der Waals surface area contributed by atoms with Crippen LogP contribution in [0, 0.1) is 5.92 Å². The average Bonchev–Trinajstić information content (AvgIpc) is 1.87. The molecule has 0 nitrogen and oxygen atoms in total. The van der Waals surface area contributed by atoms with E-state index >= 15 is 0 Å². The van der Waals surface area contributed by atoms with Crippen molar-refractivity contribution in [2.45, 2.75) is 26.0 Å². The van der Waals surface area contributed by atoms with Crippen LogP contribution in [0.4, 0.5) is 0 Å². The van der Waals surface area contributed by atoms with E-state index in [0.29, 0.717) is 6.13 Å². The summed E-state index contributed by atoms with van der Waals surface area (Å²) in [6.45, 7) is 2.27. The Morgan fingerprint density at radius 1 is 1.71 bits per heavy atom. The topological polar surface area (TPSA) is 0 Å². The van der Waals surface area contributed by atoms with Gasteiger partial charge in [0, 0.05) is 0 Å².